The zero-order valence-corrected chi connectivity index (χ0v) is 12.6. The van der Waals surface area contributed by atoms with Crippen LogP contribution >= 0.6 is 27.3 Å². The predicted octanol–water partition coefficient (Wildman–Crippen LogP) is 3.09. The number of aromatic nitrogens is 1. The largest absolute Gasteiger partial charge is 0.338 e. The fraction of sp³-hybridized carbons (Fsp3) is 0.667. The summed E-state index contributed by atoms with van der Waals surface area (Å²) in [6.07, 6.45) is 2.19. The number of carbonyl (C=O) groups is 1. The maximum atomic E-state index is 12.2. The number of carbonyl (C=O) groups excluding carboxylic acids is 1. The highest BCUT2D eigenvalue weighted by atomic mass is 79.9. The Bertz CT molecular complexity index is 397. The van der Waals surface area contributed by atoms with Crippen molar-refractivity contribution >= 4 is 33.2 Å². The predicted molar refractivity (Wildman–Crippen MR) is 73.9 cm³/mol. The van der Waals surface area contributed by atoms with Crippen molar-refractivity contribution in [3.63, 3.8) is 0 Å². The van der Waals surface area contributed by atoms with Crippen molar-refractivity contribution in [3.05, 3.63) is 16.1 Å². The summed E-state index contributed by atoms with van der Waals surface area (Å²) in [5.41, 5.74) is 2.60. The minimum absolute atomic E-state index is 0.158. The first kappa shape index (κ1) is 13.0. The van der Waals surface area contributed by atoms with Gasteiger partial charge < -0.3 is 4.90 Å². The van der Waals surface area contributed by atoms with Crippen LogP contribution < -0.4 is 0 Å². The number of hydrogen-bond acceptors (Lipinski definition) is 3. The molecule has 1 saturated heterocycles. The van der Waals surface area contributed by atoms with Gasteiger partial charge >= 0.3 is 0 Å². The summed E-state index contributed by atoms with van der Waals surface area (Å²) in [5, 5.41) is 0. The van der Waals surface area contributed by atoms with Crippen LogP contribution in [0.3, 0.4) is 0 Å². The summed E-state index contributed by atoms with van der Waals surface area (Å²) in [6.45, 7) is 5.83. The van der Waals surface area contributed by atoms with Gasteiger partial charge in [0.1, 0.15) is 4.88 Å². The fourth-order valence-corrected chi connectivity index (χ4v) is 3.51. The monoisotopic (exact) mass is 316 g/mol. The number of nitrogens with zero attached hydrogens (tertiary/aromatic N) is 2. The minimum Gasteiger partial charge on any atom is -0.338 e. The molecule has 0 saturated carbocycles. The van der Waals surface area contributed by atoms with Crippen LogP contribution in [-0.4, -0.2) is 33.7 Å². The second kappa shape index (κ2) is 5.48. The van der Waals surface area contributed by atoms with Gasteiger partial charge in [0.05, 0.1) is 11.2 Å². The lowest BCUT2D eigenvalue weighted by Crippen LogP contribution is -2.39. The summed E-state index contributed by atoms with van der Waals surface area (Å²) in [5.74, 6) is 0.854. The first-order valence-electron chi connectivity index (χ1n) is 5.93. The lowest BCUT2D eigenvalue weighted by atomic mass is 9.94. The average molecular weight is 317 g/mol. The topological polar surface area (TPSA) is 33.2 Å². The lowest BCUT2D eigenvalue weighted by molar-refractivity contribution is 0.0695. The van der Waals surface area contributed by atoms with Crippen molar-refractivity contribution in [2.24, 2.45) is 5.92 Å². The van der Waals surface area contributed by atoms with Gasteiger partial charge in [0.2, 0.25) is 0 Å². The molecule has 1 amide bonds. The number of piperidine rings is 1. The molecule has 5 heteroatoms. The maximum absolute atomic E-state index is 12.2. The van der Waals surface area contributed by atoms with Gasteiger partial charge in [-0.1, -0.05) is 22.9 Å². The maximum Gasteiger partial charge on any atom is 0.265 e. The van der Waals surface area contributed by atoms with E-state index in [1.54, 1.807) is 5.51 Å². The molecule has 2 heterocycles. The van der Waals surface area contributed by atoms with E-state index in [9.17, 15) is 4.79 Å². The third kappa shape index (κ3) is 2.88. The Morgan fingerprint density at radius 2 is 2.24 bits per heavy atom. The highest BCUT2D eigenvalue weighted by Gasteiger charge is 2.27. The van der Waals surface area contributed by atoms with E-state index < -0.39 is 0 Å². The Morgan fingerprint density at radius 3 is 2.71 bits per heavy atom. The van der Waals surface area contributed by atoms with Crippen molar-refractivity contribution < 1.29 is 4.79 Å². The molecule has 0 aliphatic carbocycles. The van der Waals surface area contributed by atoms with E-state index in [0.29, 0.717) is 10.7 Å². The van der Waals surface area contributed by atoms with Gasteiger partial charge in [-0.2, -0.15) is 0 Å². The third-order valence-corrected chi connectivity index (χ3v) is 5.08. The highest BCUT2D eigenvalue weighted by molar-refractivity contribution is 9.09. The summed E-state index contributed by atoms with van der Waals surface area (Å²) >= 11 is 5.08. The molecule has 1 unspecified atom stereocenters. The van der Waals surface area contributed by atoms with Crippen LogP contribution in [0, 0.1) is 12.8 Å². The first-order chi connectivity index (χ1) is 8.09. The number of amides is 1. The van der Waals surface area contributed by atoms with E-state index in [1.165, 1.54) is 11.3 Å². The van der Waals surface area contributed by atoms with E-state index in [2.05, 4.69) is 27.8 Å². The van der Waals surface area contributed by atoms with Crippen LogP contribution in [0.25, 0.3) is 0 Å². The molecule has 0 aromatic carbocycles. The smallest absolute Gasteiger partial charge is 0.265 e. The molecule has 17 heavy (non-hydrogen) atoms. The fourth-order valence-electron chi connectivity index (χ4n) is 2.21. The minimum atomic E-state index is 0.158. The molecule has 0 radical (unpaired) electrons. The molecule has 0 bridgehead atoms. The Balaban J connectivity index is 1.98. The number of rotatable bonds is 2. The average Bonchev–Trinajstić information content (AvgIpc) is 2.74. The first-order valence-corrected chi connectivity index (χ1v) is 7.72. The van der Waals surface area contributed by atoms with E-state index in [4.69, 9.17) is 0 Å². The van der Waals surface area contributed by atoms with Crippen molar-refractivity contribution in [2.75, 3.05) is 13.1 Å². The Hall–Kier alpha value is -0.420. The standard InChI is InChI=1S/C12H17BrN2OS/c1-8(13)10-3-5-15(6-4-10)12(16)11-9(2)14-7-17-11/h7-8,10H,3-6H2,1-2H3. The molecule has 1 aromatic rings. The van der Waals surface area contributed by atoms with Crippen LogP contribution in [0.5, 0.6) is 0 Å². The molecular weight excluding hydrogens is 300 g/mol. The van der Waals surface area contributed by atoms with Crippen LogP contribution in [-0.2, 0) is 0 Å². The molecule has 94 valence electrons. The molecule has 3 nitrogen and oxygen atoms in total. The van der Waals surface area contributed by atoms with E-state index in [1.807, 2.05) is 11.8 Å². The normalized spacial score (nSPS) is 19.4. The molecule has 1 fully saturated rings. The van der Waals surface area contributed by atoms with Crippen molar-refractivity contribution in [1.82, 2.24) is 9.88 Å². The van der Waals surface area contributed by atoms with E-state index >= 15 is 0 Å². The van der Waals surface area contributed by atoms with Crippen LogP contribution in [0.2, 0.25) is 0 Å². The number of likely N-dealkylation sites (tertiary alicyclic amines) is 1. The molecule has 0 N–H and O–H groups in total. The molecule has 0 spiro atoms. The molecule has 1 aliphatic rings. The zero-order valence-electron chi connectivity index (χ0n) is 10.1. The number of aryl methyl sites for hydroxylation is 1. The molecule has 1 atom stereocenters. The summed E-state index contributed by atoms with van der Waals surface area (Å²) in [6, 6.07) is 0. The molecular formula is C12H17BrN2OS. The zero-order chi connectivity index (χ0) is 12.4. The summed E-state index contributed by atoms with van der Waals surface area (Å²) in [7, 11) is 0. The van der Waals surface area contributed by atoms with Gasteiger partial charge in [-0.05, 0) is 25.7 Å². The quantitative estimate of drug-likeness (QED) is 0.785. The lowest BCUT2D eigenvalue weighted by Gasteiger charge is -2.33. The molecule has 2 rings (SSSR count). The van der Waals surface area contributed by atoms with Crippen LogP contribution in [0.15, 0.2) is 5.51 Å². The Kier molecular flexibility index (Phi) is 4.20. The number of thiazole rings is 1. The Labute approximate surface area is 114 Å². The van der Waals surface area contributed by atoms with Crippen molar-refractivity contribution in [3.8, 4) is 0 Å². The van der Waals surface area contributed by atoms with E-state index in [-0.39, 0.29) is 5.91 Å². The van der Waals surface area contributed by atoms with Crippen molar-refractivity contribution in [1.29, 1.82) is 0 Å². The molecule has 1 aliphatic heterocycles. The SMILES string of the molecule is Cc1ncsc1C(=O)N1CCC(C(C)Br)CC1. The summed E-state index contributed by atoms with van der Waals surface area (Å²) < 4.78 is 0. The van der Waals surface area contributed by atoms with Gasteiger partial charge in [0.15, 0.2) is 0 Å². The highest BCUT2D eigenvalue weighted by Crippen LogP contribution is 2.26. The summed E-state index contributed by atoms with van der Waals surface area (Å²) in [4.78, 5) is 19.7. The van der Waals surface area contributed by atoms with Gasteiger partial charge in [0.25, 0.3) is 5.91 Å². The van der Waals surface area contributed by atoms with E-state index in [0.717, 1.165) is 36.5 Å². The van der Waals surface area contributed by atoms with Crippen molar-refractivity contribution in [2.45, 2.75) is 31.5 Å². The number of halogens is 1. The van der Waals surface area contributed by atoms with Gasteiger partial charge in [-0.25, -0.2) is 4.98 Å². The number of alkyl halides is 1. The van der Waals surface area contributed by atoms with Gasteiger partial charge in [-0.3, -0.25) is 4.79 Å². The third-order valence-electron chi connectivity index (χ3n) is 3.42. The molecule has 1 aromatic heterocycles. The second-order valence-corrected chi connectivity index (χ2v) is 6.87. The number of hydrogen-bond donors (Lipinski definition) is 0. The van der Waals surface area contributed by atoms with Gasteiger partial charge in [-0.15, -0.1) is 11.3 Å². The Morgan fingerprint density at radius 1 is 1.59 bits per heavy atom. The second-order valence-electron chi connectivity index (χ2n) is 4.57. The van der Waals surface area contributed by atoms with Crippen LogP contribution in [0.4, 0.5) is 0 Å². The van der Waals surface area contributed by atoms with Crippen LogP contribution in [0.1, 0.15) is 35.1 Å². The van der Waals surface area contributed by atoms with Gasteiger partial charge in [0, 0.05) is 17.9 Å².